The predicted octanol–water partition coefficient (Wildman–Crippen LogP) is 4.37. The molecule has 3 rings (SSSR count). The third-order valence-electron chi connectivity index (χ3n) is 3.74. The van der Waals surface area contributed by atoms with Crippen molar-refractivity contribution in [2.45, 2.75) is 18.4 Å². The summed E-state index contributed by atoms with van der Waals surface area (Å²) in [5, 5.41) is 3.28. The summed E-state index contributed by atoms with van der Waals surface area (Å²) in [6.45, 7) is 2.49. The van der Waals surface area contributed by atoms with E-state index in [0.717, 1.165) is 11.3 Å². The number of para-hydroxylation sites is 1. The lowest BCUT2D eigenvalue weighted by Gasteiger charge is -2.13. The van der Waals surface area contributed by atoms with E-state index in [9.17, 15) is 8.42 Å². The topological polar surface area (TPSA) is 55.4 Å². The Balaban J connectivity index is 1.78. The van der Waals surface area contributed by atoms with E-state index in [4.69, 9.17) is 4.18 Å². The van der Waals surface area contributed by atoms with Crippen LogP contribution in [0.4, 0.5) is 5.69 Å². The largest absolute Gasteiger partial charge is 0.381 e. The quantitative estimate of drug-likeness (QED) is 0.669. The fourth-order valence-corrected chi connectivity index (χ4v) is 3.34. The molecule has 1 N–H and O–H groups in total. The van der Waals surface area contributed by atoms with Crippen molar-refractivity contribution in [3.8, 4) is 5.75 Å². The third kappa shape index (κ3) is 4.39. The fraction of sp³-hybridized carbons (Fsp3) is 0.100. The van der Waals surface area contributed by atoms with Gasteiger partial charge in [-0.25, -0.2) is 0 Å². The van der Waals surface area contributed by atoms with E-state index in [1.807, 2.05) is 43.3 Å². The minimum Gasteiger partial charge on any atom is -0.381 e. The summed E-state index contributed by atoms with van der Waals surface area (Å²) in [7, 11) is -3.85. The number of hydrogen-bond acceptors (Lipinski definition) is 4. The van der Waals surface area contributed by atoms with Gasteiger partial charge in [0.25, 0.3) is 0 Å². The van der Waals surface area contributed by atoms with Crippen LogP contribution in [0.15, 0.2) is 83.8 Å². The number of anilines is 1. The molecule has 0 amide bonds. The van der Waals surface area contributed by atoms with Crippen LogP contribution >= 0.6 is 0 Å². The van der Waals surface area contributed by atoms with Crippen LogP contribution in [-0.2, 0) is 16.7 Å². The van der Waals surface area contributed by atoms with Crippen molar-refractivity contribution in [1.82, 2.24) is 0 Å². The van der Waals surface area contributed by atoms with Crippen molar-refractivity contribution in [1.29, 1.82) is 0 Å². The standard InChI is InChI=1S/C20H19NO3S/c1-16-11-13-18(14-12-16)21-15-17-7-5-6-10-20(17)24-25(22,23)19-8-3-2-4-9-19/h2-14,21H,15H2,1H3. The highest BCUT2D eigenvalue weighted by Crippen LogP contribution is 2.24. The van der Waals surface area contributed by atoms with Crippen molar-refractivity contribution in [3.63, 3.8) is 0 Å². The molecule has 0 saturated carbocycles. The summed E-state index contributed by atoms with van der Waals surface area (Å²) in [5.74, 6) is 0.325. The van der Waals surface area contributed by atoms with Crippen molar-refractivity contribution in [2.24, 2.45) is 0 Å². The van der Waals surface area contributed by atoms with Crippen LogP contribution in [0.5, 0.6) is 5.75 Å². The summed E-state index contributed by atoms with van der Waals surface area (Å²) >= 11 is 0. The molecule has 4 nitrogen and oxygen atoms in total. The first kappa shape index (κ1) is 17.0. The zero-order valence-corrected chi connectivity index (χ0v) is 14.7. The SMILES string of the molecule is Cc1ccc(NCc2ccccc2OS(=O)(=O)c2ccccc2)cc1. The zero-order valence-electron chi connectivity index (χ0n) is 13.8. The highest BCUT2D eigenvalue weighted by Gasteiger charge is 2.17. The number of nitrogens with one attached hydrogen (secondary N) is 1. The summed E-state index contributed by atoms with van der Waals surface area (Å²) in [6.07, 6.45) is 0. The number of rotatable bonds is 6. The molecule has 0 aliphatic heterocycles. The van der Waals surface area contributed by atoms with Crippen molar-refractivity contribution < 1.29 is 12.6 Å². The minimum atomic E-state index is -3.85. The average Bonchev–Trinajstić information content (AvgIpc) is 2.63. The lowest BCUT2D eigenvalue weighted by atomic mass is 10.2. The van der Waals surface area contributed by atoms with Gasteiger partial charge in [-0.2, -0.15) is 8.42 Å². The highest BCUT2D eigenvalue weighted by atomic mass is 32.2. The summed E-state index contributed by atoms with van der Waals surface area (Å²) in [5.41, 5.74) is 2.91. The number of hydrogen-bond donors (Lipinski definition) is 1. The number of benzene rings is 3. The zero-order chi connectivity index (χ0) is 17.7. The van der Waals surface area contributed by atoms with Gasteiger partial charge in [0.1, 0.15) is 10.6 Å². The molecule has 0 aliphatic carbocycles. The maximum atomic E-state index is 12.4. The fourth-order valence-electron chi connectivity index (χ4n) is 2.35. The second-order valence-corrected chi connectivity index (χ2v) is 7.22. The Kier molecular flexibility index (Phi) is 5.05. The van der Waals surface area contributed by atoms with Crippen LogP contribution in [-0.4, -0.2) is 8.42 Å². The lowest BCUT2D eigenvalue weighted by molar-refractivity contribution is 0.483. The van der Waals surface area contributed by atoms with Crippen LogP contribution in [0.3, 0.4) is 0 Å². The van der Waals surface area contributed by atoms with E-state index in [0.29, 0.717) is 12.3 Å². The lowest BCUT2D eigenvalue weighted by Crippen LogP contribution is -2.11. The first-order valence-electron chi connectivity index (χ1n) is 7.92. The van der Waals surface area contributed by atoms with Gasteiger partial charge in [0.05, 0.1) is 0 Å². The molecule has 0 aromatic heterocycles. The van der Waals surface area contributed by atoms with E-state index < -0.39 is 10.1 Å². The molecular formula is C20H19NO3S. The Bertz CT molecular complexity index is 936. The molecule has 0 fully saturated rings. The Morgan fingerprint density at radius 3 is 2.20 bits per heavy atom. The first-order valence-corrected chi connectivity index (χ1v) is 9.33. The minimum absolute atomic E-state index is 0.135. The molecule has 0 aliphatic rings. The maximum Gasteiger partial charge on any atom is 0.339 e. The van der Waals surface area contributed by atoms with E-state index in [1.165, 1.54) is 17.7 Å². The van der Waals surface area contributed by atoms with Crippen LogP contribution < -0.4 is 9.50 Å². The van der Waals surface area contributed by atoms with E-state index in [1.54, 1.807) is 30.3 Å². The van der Waals surface area contributed by atoms with Gasteiger partial charge in [0.15, 0.2) is 0 Å². The van der Waals surface area contributed by atoms with Gasteiger partial charge in [0.2, 0.25) is 0 Å². The molecule has 0 spiro atoms. The monoisotopic (exact) mass is 353 g/mol. The van der Waals surface area contributed by atoms with Gasteiger partial charge in [0, 0.05) is 17.8 Å². The molecule has 3 aromatic carbocycles. The van der Waals surface area contributed by atoms with Crippen LogP contribution in [0.25, 0.3) is 0 Å². The summed E-state index contributed by atoms with van der Waals surface area (Å²) < 4.78 is 30.2. The van der Waals surface area contributed by atoms with Crippen molar-refractivity contribution >= 4 is 15.8 Å². The first-order chi connectivity index (χ1) is 12.0. The predicted molar refractivity (Wildman–Crippen MR) is 99.2 cm³/mol. The molecule has 3 aromatic rings. The molecule has 0 bridgehead atoms. The van der Waals surface area contributed by atoms with Crippen LogP contribution in [0.1, 0.15) is 11.1 Å². The van der Waals surface area contributed by atoms with E-state index in [-0.39, 0.29) is 4.90 Å². The Morgan fingerprint density at radius 1 is 0.840 bits per heavy atom. The van der Waals surface area contributed by atoms with Gasteiger partial charge < -0.3 is 9.50 Å². The smallest absolute Gasteiger partial charge is 0.339 e. The second kappa shape index (κ2) is 7.40. The Labute approximate surface area is 148 Å². The highest BCUT2D eigenvalue weighted by molar-refractivity contribution is 7.87. The molecule has 0 radical (unpaired) electrons. The Morgan fingerprint density at radius 2 is 1.48 bits per heavy atom. The second-order valence-electron chi connectivity index (χ2n) is 5.68. The molecule has 128 valence electrons. The molecule has 0 heterocycles. The molecule has 0 atom stereocenters. The Hall–Kier alpha value is -2.79. The van der Waals surface area contributed by atoms with Gasteiger partial charge in [-0.15, -0.1) is 0 Å². The number of aryl methyl sites for hydroxylation is 1. The maximum absolute atomic E-state index is 12.4. The van der Waals surface area contributed by atoms with Crippen molar-refractivity contribution in [3.05, 3.63) is 90.0 Å². The molecule has 0 saturated heterocycles. The van der Waals surface area contributed by atoms with Crippen LogP contribution in [0, 0.1) is 6.92 Å². The summed E-state index contributed by atoms with van der Waals surface area (Å²) in [4.78, 5) is 0.135. The van der Waals surface area contributed by atoms with Crippen molar-refractivity contribution in [2.75, 3.05) is 5.32 Å². The third-order valence-corrected chi connectivity index (χ3v) is 4.99. The molecule has 0 unspecified atom stereocenters. The van der Waals surface area contributed by atoms with Gasteiger partial charge >= 0.3 is 10.1 Å². The van der Waals surface area contributed by atoms with Gasteiger partial charge in [-0.05, 0) is 37.3 Å². The average molecular weight is 353 g/mol. The van der Waals surface area contributed by atoms with Gasteiger partial charge in [-0.3, -0.25) is 0 Å². The summed E-state index contributed by atoms with van der Waals surface area (Å²) in [6, 6.07) is 23.3. The normalized spacial score (nSPS) is 11.1. The van der Waals surface area contributed by atoms with E-state index >= 15 is 0 Å². The van der Waals surface area contributed by atoms with Crippen LogP contribution in [0.2, 0.25) is 0 Å². The van der Waals surface area contributed by atoms with E-state index in [2.05, 4.69) is 5.32 Å². The molecule has 5 heteroatoms. The molecular weight excluding hydrogens is 334 g/mol. The van der Waals surface area contributed by atoms with Gasteiger partial charge in [-0.1, -0.05) is 54.1 Å². The molecule has 25 heavy (non-hydrogen) atoms.